The highest BCUT2D eigenvalue weighted by atomic mass is 19.1. The molecule has 21 heavy (non-hydrogen) atoms. The lowest BCUT2D eigenvalue weighted by Crippen LogP contribution is -2.17. The van der Waals surface area contributed by atoms with Gasteiger partial charge in [0.15, 0.2) is 0 Å². The molecule has 7 heteroatoms. The maximum Gasteiger partial charge on any atom is 0.271 e. The van der Waals surface area contributed by atoms with E-state index < -0.39 is 16.6 Å². The van der Waals surface area contributed by atoms with Crippen LogP contribution < -0.4 is 5.43 Å². The molecule has 6 nitrogen and oxygen atoms in total. The topological polar surface area (TPSA) is 84.6 Å². The van der Waals surface area contributed by atoms with E-state index in [1.165, 1.54) is 42.6 Å². The first-order valence-corrected chi connectivity index (χ1v) is 5.90. The molecular weight excluding hydrogens is 277 g/mol. The van der Waals surface area contributed by atoms with Gasteiger partial charge in [0.1, 0.15) is 5.82 Å². The molecule has 2 aromatic carbocycles. The fourth-order valence-electron chi connectivity index (χ4n) is 1.54. The molecule has 0 atom stereocenters. The summed E-state index contributed by atoms with van der Waals surface area (Å²) in [4.78, 5) is 21.6. The molecule has 106 valence electrons. The first-order valence-electron chi connectivity index (χ1n) is 5.90. The molecule has 0 aliphatic heterocycles. The van der Waals surface area contributed by atoms with Crippen molar-refractivity contribution in [1.29, 1.82) is 0 Å². The van der Waals surface area contributed by atoms with Crippen molar-refractivity contribution in [2.45, 2.75) is 0 Å². The molecule has 0 unspecified atom stereocenters. The SMILES string of the molecule is O=C(NN=Cc1ccccc1F)c1ccc([N+](=O)[O-])cc1. The molecule has 0 bridgehead atoms. The Balaban J connectivity index is 2.02. The number of hydrazone groups is 1. The van der Waals surface area contributed by atoms with Crippen molar-refractivity contribution in [3.05, 3.63) is 75.6 Å². The Morgan fingerprint density at radius 1 is 1.19 bits per heavy atom. The first kappa shape index (κ1) is 14.3. The molecule has 0 saturated carbocycles. The smallest absolute Gasteiger partial charge is 0.267 e. The van der Waals surface area contributed by atoms with Gasteiger partial charge in [-0.1, -0.05) is 18.2 Å². The second-order valence-electron chi connectivity index (χ2n) is 4.02. The summed E-state index contributed by atoms with van der Waals surface area (Å²) in [6, 6.07) is 11.0. The van der Waals surface area contributed by atoms with E-state index in [0.717, 1.165) is 0 Å². The highest BCUT2D eigenvalue weighted by molar-refractivity contribution is 5.95. The zero-order valence-electron chi connectivity index (χ0n) is 10.7. The summed E-state index contributed by atoms with van der Waals surface area (Å²) in [5.74, 6) is -0.997. The van der Waals surface area contributed by atoms with Gasteiger partial charge in [-0.25, -0.2) is 9.82 Å². The Hall–Kier alpha value is -3.09. The van der Waals surface area contributed by atoms with Crippen LogP contribution in [-0.4, -0.2) is 17.0 Å². The number of hydrogen-bond donors (Lipinski definition) is 1. The predicted octanol–water partition coefficient (Wildman–Crippen LogP) is 2.50. The van der Waals surface area contributed by atoms with E-state index in [0.29, 0.717) is 0 Å². The summed E-state index contributed by atoms with van der Waals surface area (Å²) in [6.07, 6.45) is 1.18. The zero-order valence-corrected chi connectivity index (χ0v) is 10.7. The van der Waals surface area contributed by atoms with Gasteiger partial charge in [-0.3, -0.25) is 14.9 Å². The van der Waals surface area contributed by atoms with Crippen LogP contribution in [-0.2, 0) is 0 Å². The fraction of sp³-hybridized carbons (Fsp3) is 0. The maximum absolute atomic E-state index is 13.3. The molecule has 0 aliphatic carbocycles. The number of halogens is 1. The number of carbonyl (C=O) groups is 1. The van der Waals surface area contributed by atoms with Gasteiger partial charge in [-0.2, -0.15) is 5.10 Å². The van der Waals surface area contributed by atoms with E-state index in [2.05, 4.69) is 10.5 Å². The molecule has 0 aromatic heterocycles. The average molecular weight is 287 g/mol. The van der Waals surface area contributed by atoms with Crippen LogP contribution in [0.15, 0.2) is 53.6 Å². The Labute approximate surface area is 119 Å². The molecule has 2 rings (SSSR count). The molecule has 0 heterocycles. The van der Waals surface area contributed by atoms with E-state index in [4.69, 9.17) is 0 Å². The minimum absolute atomic E-state index is 0.110. The lowest BCUT2D eigenvalue weighted by molar-refractivity contribution is -0.384. The van der Waals surface area contributed by atoms with E-state index in [1.807, 2.05) is 0 Å². The van der Waals surface area contributed by atoms with Crippen LogP contribution in [0.5, 0.6) is 0 Å². The molecule has 0 aliphatic rings. The Kier molecular flexibility index (Phi) is 4.35. The number of rotatable bonds is 4. The van der Waals surface area contributed by atoms with Gasteiger partial charge in [-0.05, 0) is 18.2 Å². The Bertz CT molecular complexity index is 699. The average Bonchev–Trinajstić information content (AvgIpc) is 2.49. The first-order chi connectivity index (χ1) is 10.1. The second-order valence-corrected chi connectivity index (χ2v) is 4.02. The quantitative estimate of drug-likeness (QED) is 0.532. The van der Waals surface area contributed by atoms with Crippen molar-refractivity contribution < 1.29 is 14.1 Å². The van der Waals surface area contributed by atoms with E-state index in [-0.39, 0.29) is 16.8 Å². The third kappa shape index (κ3) is 3.69. The van der Waals surface area contributed by atoms with E-state index in [9.17, 15) is 19.3 Å². The van der Waals surface area contributed by atoms with Crippen molar-refractivity contribution in [2.75, 3.05) is 0 Å². The van der Waals surface area contributed by atoms with Crippen molar-refractivity contribution in [2.24, 2.45) is 5.10 Å². The van der Waals surface area contributed by atoms with Crippen LogP contribution >= 0.6 is 0 Å². The number of hydrogen-bond acceptors (Lipinski definition) is 4. The summed E-state index contributed by atoms with van der Waals surface area (Å²) >= 11 is 0. The Morgan fingerprint density at radius 3 is 2.48 bits per heavy atom. The number of nitrogens with one attached hydrogen (secondary N) is 1. The lowest BCUT2D eigenvalue weighted by atomic mass is 10.2. The van der Waals surface area contributed by atoms with Crippen LogP contribution in [0.4, 0.5) is 10.1 Å². The van der Waals surface area contributed by atoms with Gasteiger partial charge in [0.25, 0.3) is 11.6 Å². The number of nitro groups is 1. The van der Waals surface area contributed by atoms with Gasteiger partial charge < -0.3 is 0 Å². The number of nitrogens with zero attached hydrogens (tertiary/aromatic N) is 2. The molecular formula is C14H10FN3O3. The van der Waals surface area contributed by atoms with Crippen molar-refractivity contribution in [3.8, 4) is 0 Å². The highest BCUT2D eigenvalue weighted by Gasteiger charge is 2.08. The third-order valence-electron chi connectivity index (χ3n) is 2.62. The highest BCUT2D eigenvalue weighted by Crippen LogP contribution is 2.11. The normalized spacial score (nSPS) is 10.5. The monoisotopic (exact) mass is 287 g/mol. The van der Waals surface area contributed by atoms with Gasteiger partial charge in [0, 0.05) is 23.3 Å². The predicted molar refractivity (Wildman–Crippen MR) is 74.6 cm³/mol. The third-order valence-corrected chi connectivity index (χ3v) is 2.62. The zero-order chi connectivity index (χ0) is 15.2. The number of non-ortho nitro benzene ring substituents is 1. The van der Waals surface area contributed by atoms with Crippen LogP contribution in [0.2, 0.25) is 0 Å². The van der Waals surface area contributed by atoms with E-state index >= 15 is 0 Å². The van der Waals surface area contributed by atoms with Crippen LogP contribution in [0.1, 0.15) is 15.9 Å². The van der Waals surface area contributed by atoms with Gasteiger partial charge >= 0.3 is 0 Å². The standard InChI is InChI=1S/C14H10FN3O3/c15-13-4-2-1-3-11(13)9-16-17-14(19)10-5-7-12(8-6-10)18(20)21/h1-9H,(H,17,19). The summed E-state index contributed by atoms with van der Waals surface area (Å²) < 4.78 is 13.3. The molecule has 0 spiro atoms. The minimum Gasteiger partial charge on any atom is -0.267 e. The number of amides is 1. The maximum atomic E-state index is 13.3. The minimum atomic E-state index is -0.558. The van der Waals surface area contributed by atoms with E-state index in [1.54, 1.807) is 12.1 Å². The van der Waals surface area contributed by atoms with Gasteiger partial charge in [-0.15, -0.1) is 0 Å². The summed E-state index contributed by atoms with van der Waals surface area (Å²) in [6.45, 7) is 0. The molecule has 0 fully saturated rings. The summed E-state index contributed by atoms with van der Waals surface area (Å²) in [5, 5.41) is 14.1. The Morgan fingerprint density at radius 2 is 1.86 bits per heavy atom. The molecule has 1 amide bonds. The fourth-order valence-corrected chi connectivity index (χ4v) is 1.54. The van der Waals surface area contributed by atoms with Gasteiger partial charge in [0.05, 0.1) is 11.1 Å². The van der Waals surface area contributed by atoms with Crippen molar-refractivity contribution >= 4 is 17.8 Å². The van der Waals surface area contributed by atoms with Crippen LogP contribution in [0.25, 0.3) is 0 Å². The molecule has 0 saturated heterocycles. The van der Waals surface area contributed by atoms with Crippen molar-refractivity contribution in [3.63, 3.8) is 0 Å². The molecule has 2 aromatic rings. The van der Waals surface area contributed by atoms with Crippen LogP contribution in [0, 0.1) is 15.9 Å². The second kappa shape index (κ2) is 6.38. The van der Waals surface area contributed by atoms with Crippen LogP contribution in [0.3, 0.4) is 0 Å². The molecule has 1 N–H and O–H groups in total. The largest absolute Gasteiger partial charge is 0.271 e. The van der Waals surface area contributed by atoms with Crippen molar-refractivity contribution in [1.82, 2.24) is 5.43 Å². The number of benzene rings is 2. The number of carbonyl (C=O) groups excluding carboxylic acids is 1. The summed E-state index contributed by atoms with van der Waals surface area (Å²) in [5.41, 5.74) is 2.56. The van der Waals surface area contributed by atoms with Gasteiger partial charge in [0.2, 0.25) is 0 Å². The summed E-state index contributed by atoms with van der Waals surface area (Å²) in [7, 11) is 0. The lowest BCUT2D eigenvalue weighted by Gasteiger charge is -2.00. The number of nitro benzene ring substituents is 1. The molecule has 0 radical (unpaired) electrons.